The fourth-order valence-corrected chi connectivity index (χ4v) is 5.37. The molecule has 1 aliphatic heterocycles. The monoisotopic (exact) mass is 427 g/mol. The smallest absolute Gasteiger partial charge is 0.265 e. The molecule has 2 aliphatic rings. The summed E-state index contributed by atoms with van der Waals surface area (Å²) < 4.78 is 37.9. The first-order chi connectivity index (χ1) is 14.6. The lowest BCUT2D eigenvalue weighted by molar-refractivity contribution is 0.0394. The Labute approximate surface area is 177 Å². The van der Waals surface area contributed by atoms with E-state index in [4.69, 9.17) is 4.74 Å². The van der Waals surface area contributed by atoms with Crippen LogP contribution in [0.4, 0.5) is 8.78 Å². The van der Waals surface area contributed by atoms with E-state index in [0.717, 1.165) is 5.56 Å². The van der Waals surface area contributed by atoms with E-state index in [9.17, 15) is 18.4 Å². The number of nitrogens with zero attached hydrogens (tertiary/aromatic N) is 3. The molecule has 0 bridgehead atoms. The van der Waals surface area contributed by atoms with Crippen LogP contribution in [0.1, 0.15) is 21.5 Å². The number of ether oxygens (including phenoxy) is 1. The number of carbonyl (C=O) groups excluding carboxylic acids is 1. The minimum absolute atomic E-state index is 0.0413. The first-order valence-corrected chi connectivity index (χ1v) is 10.1. The molecule has 0 N–H and O–H groups in total. The highest BCUT2D eigenvalue weighted by molar-refractivity contribution is 6.07. The Morgan fingerprint density at radius 2 is 1.81 bits per heavy atom. The summed E-state index contributed by atoms with van der Waals surface area (Å²) in [7, 11) is 4.94. The summed E-state index contributed by atoms with van der Waals surface area (Å²) in [4.78, 5) is 27.7. The average Bonchev–Trinajstić information content (AvgIpc) is 3.11. The van der Waals surface area contributed by atoms with Crippen molar-refractivity contribution in [2.45, 2.75) is 18.3 Å². The number of rotatable bonds is 3. The number of aryl methyl sites for hydroxylation is 3. The second kappa shape index (κ2) is 6.18. The Kier molecular flexibility index (Phi) is 3.95. The highest BCUT2D eigenvalue weighted by Gasteiger charge is 2.84. The SMILES string of the molecule is COc1ccc(C23CN(C(=O)c4cn(C)c5c(C)cn(C)c(=O)c45)CC2C3(F)F)cc1. The first-order valence-electron chi connectivity index (χ1n) is 10.1. The molecule has 3 aromatic rings. The van der Waals surface area contributed by atoms with Gasteiger partial charge in [-0.2, -0.15) is 0 Å². The van der Waals surface area contributed by atoms with Gasteiger partial charge in [0, 0.05) is 39.6 Å². The van der Waals surface area contributed by atoms with Crippen LogP contribution in [0.15, 0.2) is 41.5 Å². The Morgan fingerprint density at radius 1 is 1.13 bits per heavy atom. The van der Waals surface area contributed by atoms with Gasteiger partial charge in [0.1, 0.15) is 5.75 Å². The van der Waals surface area contributed by atoms with Crippen molar-refractivity contribution in [2.24, 2.45) is 20.0 Å². The normalized spacial score (nSPS) is 23.8. The molecular formula is C23H23F2N3O3. The quantitative estimate of drug-likeness (QED) is 0.646. The molecule has 31 heavy (non-hydrogen) atoms. The highest BCUT2D eigenvalue weighted by Crippen LogP contribution is 2.70. The van der Waals surface area contributed by atoms with Crippen LogP contribution in [0, 0.1) is 12.8 Å². The van der Waals surface area contributed by atoms with Gasteiger partial charge >= 0.3 is 0 Å². The lowest BCUT2D eigenvalue weighted by Gasteiger charge is -2.24. The maximum atomic E-state index is 14.8. The molecule has 1 aliphatic carbocycles. The van der Waals surface area contributed by atoms with Gasteiger partial charge in [-0.15, -0.1) is 0 Å². The topological polar surface area (TPSA) is 56.5 Å². The number of hydrogen-bond donors (Lipinski definition) is 0. The molecule has 5 rings (SSSR count). The van der Waals surface area contributed by atoms with Gasteiger partial charge in [0.15, 0.2) is 0 Å². The molecule has 3 heterocycles. The zero-order valence-electron chi connectivity index (χ0n) is 17.8. The fraction of sp³-hybridized carbons (Fsp3) is 0.391. The van der Waals surface area contributed by atoms with Crippen LogP contribution < -0.4 is 10.3 Å². The second-order valence-corrected chi connectivity index (χ2v) is 8.67. The number of aromatic nitrogens is 2. The van der Waals surface area contributed by atoms with Crippen LogP contribution >= 0.6 is 0 Å². The number of likely N-dealkylation sites (tertiary alicyclic amines) is 1. The molecule has 2 atom stereocenters. The summed E-state index contributed by atoms with van der Waals surface area (Å²) >= 11 is 0. The van der Waals surface area contributed by atoms with E-state index in [1.807, 2.05) is 6.92 Å². The van der Waals surface area contributed by atoms with Crippen molar-refractivity contribution in [1.29, 1.82) is 0 Å². The van der Waals surface area contributed by atoms with Crippen molar-refractivity contribution >= 4 is 16.8 Å². The molecule has 8 heteroatoms. The van der Waals surface area contributed by atoms with Crippen LogP contribution in [0.25, 0.3) is 10.9 Å². The Hall–Kier alpha value is -3.16. The number of pyridine rings is 1. The Bertz CT molecular complexity index is 1290. The van der Waals surface area contributed by atoms with Crippen LogP contribution in [-0.4, -0.2) is 46.1 Å². The van der Waals surface area contributed by atoms with Crippen molar-refractivity contribution in [3.8, 4) is 5.75 Å². The number of alkyl halides is 2. The lowest BCUT2D eigenvalue weighted by atomic mass is 9.94. The number of piperidine rings is 1. The second-order valence-electron chi connectivity index (χ2n) is 8.67. The largest absolute Gasteiger partial charge is 0.497 e. The standard InChI is InChI=1S/C23H23F2N3O3/c1-13-9-27(3)21(30)18-16(10-26(2)19(13)18)20(29)28-11-17-22(12-28,23(17,24)25)14-5-7-15(31-4)8-6-14/h5-10,17H,11-12H2,1-4H3. The van der Waals surface area contributed by atoms with Gasteiger partial charge in [-0.05, 0) is 30.2 Å². The third-order valence-corrected chi connectivity index (χ3v) is 6.99. The summed E-state index contributed by atoms with van der Waals surface area (Å²) in [5, 5.41) is 0.334. The van der Waals surface area contributed by atoms with E-state index in [1.165, 1.54) is 16.6 Å². The molecule has 1 amide bonds. The molecule has 1 aromatic carbocycles. The molecule has 6 nitrogen and oxygen atoms in total. The molecule has 2 aromatic heterocycles. The van der Waals surface area contributed by atoms with E-state index >= 15 is 0 Å². The molecule has 1 saturated carbocycles. The van der Waals surface area contributed by atoms with E-state index < -0.39 is 17.3 Å². The summed E-state index contributed by atoms with van der Waals surface area (Å²) in [6.45, 7) is 1.75. The third-order valence-electron chi connectivity index (χ3n) is 6.99. The van der Waals surface area contributed by atoms with Crippen LogP contribution in [0.5, 0.6) is 5.75 Å². The van der Waals surface area contributed by atoms with Gasteiger partial charge < -0.3 is 18.8 Å². The predicted molar refractivity (Wildman–Crippen MR) is 112 cm³/mol. The van der Waals surface area contributed by atoms with Crippen molar-refractivity contribution in [3.63, 3.8) is 0 Å². The summed E-state index contributed by atoms with van der Waals surface area (Å²) in [6, 6.07) is 6.63. The number of benzene rings is 1. The fourth-order valence-electron chi connectivity index (χ4n) is 5.37. The number of halogens is 2. The van der Waals surface area contributed by atoms with Crippen LogP contribution in [0.2, 0.25) is 0 Å². The molecule has 2 fully saturated rings. The van der Waals surface area contributed by atoms with Gasteiger partial charge in [-0.25, -0.2) is 8.78 Å². The average molecular weight is 427 g/mol. The number of carbonyl (C=O) groups is 1. The Morgan fingerprint density at radius 3 is 2.45 bits per heavy atom. The van der Waals surface area contributed by atoms with E-state index in [1.54, 1.807) is 55.3 Å². The van der Waals surface area contributed by atoms with Crippen LogP contribution in [-0.2, 0) is 19.5 Å². The third kappa shape index (κ3) is 2.41. The van der Waals surface area contributed by atoms with Gasteiger partial charge in [0.2, 0.25) is 0 Å². The molecule has 0 spiro atoms. The van der Waals surface area contributed by atoms with E-state index in [-0.39, 0.29) is 30.1 Å². The van der Waals surface area contributed by atoms with Crippen molar-refractivity contribution < 1.29 is 18.3 Å². The van der Waals surface area contributed by atoms with Crippen molar-refractivity contribution in [3.05, 3.63) is 63.7 Å². The van der Waals surface area contributed by atoms with E-state index in [2.05, 4.69) is 0 Å². The summed E-state index contributed by atoms with van der Waals surface area (Å²) in [5.41, 5.74) is 0.652. The highest BCUT2D eigenvalue weighted by atomic mass is 19.3. The van der Waals surface area contributed by atoms with Gasteiger partial charge in [-0.1, -0.05) is 12.1 Å². The molecule has 162 valence electrons. The number of amides is 1. The number of methoxy groups -OCH3 is 1. The van der Waals surface area contributed by atoms with Crippen LogP contribution in [0.3, 0.4) is 0 Å². The zero-order chi connectivity index (χ0) is 22.3. The van der Waals surface area contributed by atoms with Gasteiger partial charge in [0.25, 0.3) is 17.4 Å². The first kappa shape index (κ1) is 19.8. The maximum Gasteiger partial charge on any atom is 0.265 e. The minimum atomic E-state index is -2.87. The maximum absolute atomic E-state index is 14.8. The molecule has 1 saturated heterocycles. The number of hydrogen-bond acceptors (Lipinski definition) is 3. The van der Waals surface area contributed by atoms with Gasteiger partial charge in [0.05, 0.1) is 34.9 Å². The summed E-state index contributed by atoms with van der Waals surface area (Å²) in [5.74, 6) is -3.60. The van der Waals surface area contributed by atoms with Crippen molar-refractivity contribution in [1.82, 2.24) is 14.0 Å². The van der Waals surface area contributed by atoms with Crippen molar-refractivity contribution in [2.75, 3.05) is 20.2 Å². The minimum Gasteiger partial charge on any atom is -0.497 e. The lowest BCUT2D eigenvalue weighted by Crippen LogP contribution is -2.38. The van der Waals surface area contributed by atoms with E-state index in [0.29, 0.717) is 22.2 Å². The molecular weight excluding hydrogens is 404 g/mol. The summed E-state index contributed by atoms with van der Waals surface area (Å²) in [6.07, 6.45) is 3.35. The Balaban J connectivity index is 1.54. The molecule has 2 unspecified atom stereocenters. The van der Waals surface area contributed by atoms with Gasteiger partial charge in [-0.3, -0.25) is 9.59 Å². The predicted octanol–water partition coefficient (Wildman–Crippen LogP) is 2.85. The number of fused-ring (bicyclic) bond motifs is 2. The zero-order valence-corrected chi connectivity index (χ0v) is 17.8. The molecule has 0 radical (unpaired) electrons.